The van der Waals surface area contributed by atoms with Crippen LogP contribution in [0.25, 0.3) is 38.7 Å². The van der Waals surface area contributed by atoms with Crippen molar-refractivity contribution in [2.24, 2.45) is 4.99 Å². The summed E-state index contributed by atoms with van der Waals surface area (Å²) in [6, 6.07) is 29.0. The summed E-state index contributed by atoms with van der Waals surface area (Å²) in [5.74, 6) is -0.331. The van der Waals surface area contributed by atoms with Crippen LogP contribution >= 0.6 is 0 Å². The smallest absolute Gasteiger partial charge is 0.345 e. The summed E-state index contributed by atoms with van der Waals surface area (Å²) in [4.78, 5) is 17.6. The van der Waals surface area contributed by atoms with Crippen molar-refractivity contribution in [3.05, 3.63) is 125 Å². The third-order valence-corrected chi connectivity index (χ3v) is 5.84. The van der Waals surface area contributed by atoms with E-state index in [0.717, 1.165) is 21.8 Å². The second-order valence-electron chi connectivity index (χ2n) is 8.09. The molecule has 0 aliphatic carbocycles. The minimum atomic E-state index is -0.484. The molecule has 0 bridgehead atoms. The van der Waals surface area contributed by atoms with E-state index in [1.165, 1.54) is 12.1 Å². The first-order valence-corrected chi connectivity index (χ1v) is 11.1. The maximum Gasteiger partial charge on any atom is 0.345 e. The number of hydrogen-bond acceptors (Lipinski definition) is 4. The summed E-state index contributed by atoms with van der Waals surface area (Å²) < 4.78 is 20.7. The summed E-state index contributed by atoms with van der Waals surface area (Å²) in [5.41, 5.74) is 2.87. The Hall–Kier alpha value is -4.84. The third kappa shape index (κ3) is 3.91. The Kier molecular flexibility index (Phi) is 5.04. The molecule has 0 fully saturated rings. The Morgan fingerprint density at radius 3 is 2.46 bits per heavy atom. The molecule has 5 nitrogen and oxygen atoms in total. The first-order chi connectivity index (χ1) is 17.2. The van der Waals surface area contributed by atoms with Crippen molar-refractivity contribution < 1.29 is 8.81 Å². The molecule has 0 atom stereocenters. The van der Waals surface area contributed by atoms with Crippen molar-refractivity contribution in [1.82, 2.24) is 9.78 Å². The minimum absolute atomic E-state index is 0.331. The van der Waals surface area contributed by atoms with Gasteiger partial charge in [0.15, 0.2) is 0 Å². The van der Waals surface area contributed by atoms with Gasteiger partial charge in [-0.1, -0.05) is 48.5 Å². The van der Waals surface area contributed by atoms with E-state index < -0.39 is 5.63 Å². The van der Waals surface area contributed by atoms with Crippen LogP contribution in [0.5, 0.6) is 0 Å². The molecule has 2 aromatic heterocycles. The van der Waals surface area contributed by atoms with Gasteiger partial charge in [-0.2, -0.15) is 5.10 Å². The van der Waals surface area contributed by atoms with E-state index in [0.29, 0.717) is 28.1 Å². The Labute approximate surface area is 199 Å². The molecule has 168 valence electrons. The molecule has 0 aliphatic rings. The lowest BCUT2D eigenvalue weighted by Gasteiger charge is -2.05. The fourth-order valence-corrected chi connectivity index (χ4v) is 4.11. The van der Waals surface area contributed by atoms with Gasteiger partial charge in [-0.15, -0.1) is 0 Å². The van der Waals surface area contributed by atoms with Crippen molar-refractivity contribution >= 4 is 33.6 Å². The highest BCUT2D eigenvalue weighted by Crippen LogP contribution is 2.29. The van der Waals surface area contributed by atoms with Gasteiger partial charge < -0.3 is 4.42 Å². The molecule has 6 heteroatoms. The molecular weight excluding hydrogens is 441 g/mol. The van der Waals surface area contributed by atoms with E-state index in [1.54, 1.807) is 23.0 Å². The number of fused-ring (bicyclic) bond motifs is 3. The average molecular weight is 459 g/mol. The number of halogens is 1. The lowest BCUT2D eigenvalue weighted by molar-refractivity contribution is 0.563. The number of para-hydroxylation sites is 1. The number of hydrogen-bond donors (Lipinski definition) is 0. The molecule has 4 aromatic carbocycles. The molecule has 0 aliphatic heterocycles. The maximum atomic E-state index is 13.3. The zero-order valence-electron chi connectivity index (χ0n) is 18.4. The lowest BCUT2D eigenvalue weighted by atomic mass is 10.0. The van der Waals surface area contributed by atoms with Gasteiger partial charge in [0, 0.05) is 23.4 Å². The van der Waals surface area contributed by atoms with E-state index in [4.69, 9.17) is 9.52 Å². The van der Waals surface area contributed by atoms with E-state index in [-0.39, 0.29) is 5.82 Å². The second kappa shape index (κ2) is 8.50. The SMILES string of the molecule is O=c1oc2ccc3ccccc3c2cc1-c1nn(-c2ccccc2)cc1C=Nc1ccc(F)cc1. The molecular formula is C29H18FN3O2. The third-order valence-electron chi connectivity index (χ3n) is 5.84. The molecule has 6 rings (SSSR count). The lowest BCUT2D eigenvalue weighted by Crippen LogP contribution is -2.05. The van der Waals surface area contributed by atoms with Crippen LogP contribution in [-0.2, 0) is 0 Å². The molecule has 0 radical (unpaired) electrons. The number of rotatable bonds is 4. The van der Waals surface area contributed by atoms with Crippen LogP contribution in [0.2, 0.25) is 0 Å². The van der Waals surface area contributed by atoms with E-state index in [2.05, 4.69) is 4.99 Å². The Morgan fingerprint density at radius 2 is 1.63 bits per heavy atom. The van der Waals surface area contributed by atoms with Gasteiger partial charge in [0.1, 0.15) is 17.1 Å². The molecule has 0 N–H and O–H groups in total. The molecule has 0 saturated heterocycles. The fraction of sp³-hybridized carbons (Fsp3) is 0. The quantitative estimate of drug-likeness (QED) is 0.168. The summed E-state index contributed by atoms with van der Waals surface area (Å²) in [6.45, 7) is 0. The van der Waals surface area contributed by atoms with Gasteiger partial charge >= 0.3 is 5.63 Å². The van der Waals surface area contributed by atoms with Gasteiger partial charge in [-0.05, 0) is 59.3 Å². The summed E-state index contributed by atoms with van der Waals surface area (Å²) in [5, 5.41) is 7.59. The molecule has 0 unspecified atom stereocenters. The van der Waals surface area contributed by atoms with Crippen LogP contribution in [0.3, 0.4) is 0 Å². The Balaban J connectivity index is 1.56. The molecule has 0 saturated carbocycles. The van der Waals surface area contributed by atoms with Crippen LogP contribution in [0.1, 0.15) is 5.56 Å². The van der Waals surface area contributed by atoms with Gasteiger partial charge in [-0.3, -0.25) is 4.99 Å². The van der Waals surface area contributed by atoms with Gasteiger partial charge in [0.25, 0.3) is 0 Å². The van der Waals surface area contributed by atoms with Crippen molar-refractivity contribution in [2.45, 2.75) is 0 Å². The number of benzene rings is 4. The van der Waals surface area contributed by atoms with Crippen molar-refractivity contribution in [3.8, 4) is 16.9 Å². The van der Waals surface area contributed by atoms with Gasteiger partial charge in [0.2, 0.25) is 0 Å². The number of nitrogens with zero attached hydrogens (tertiary/aromatic N) is 3. The number of aromatic nitrogens is 2. The van der Waals surface area contributed by atoms with E-state index >= 15 is 0 Å². The maximum absolute atomic E-state index is 13.3. The van der Waals surface area contributed by atoms with Crippen LogP contribution in [-0.4, -0.2) is 16.0 Å². The first-order valence-electron chi connectivity index (χ1n) is 11.1. The minimum Gasteiger partial charge on any atom is -0.422 e. The Bertz CT molecular complexity index is 1770. The summed E-state index contributed by atoms with van der Waals surface area (Å²) >= 11 is 0. The van der Waals surface area contributed by atoms with Gasteiger partial charge in [-0.25, -0.2) is 13.9 Å². The monoisotopic (exact) mass is 459 g/mol. The standard InChI is InChI=1S/C29H18FN3O2/c30-21-11-13-22(14-12-21)31-17-20-18-33(23-7-2-1-3-8-23)32-28(20)26-16-25-24-9-5-4-6-19(24)10-15-27(25)35-29(26)34/h1-18H. The molecule has 35 heavy (non-hydrogen) atoms. The van der Waals surface area contributed by atoms with E-state index in [1.807, 2.05) is 79.0 Å². The zero-order valence-corrected chi connectivity index (χ0v) is 18.4. The topological polar surface area (TPSA) is 60.4 Å². The summed E-state index contributed by atoms with van der Waals surface area (Å²) in [6.07, 6.45) is 3.44. The molecule has 6 aromatic rings. The predicted molar refractivity (Wildman–Crippen MR) is 136 cm³/mol. The van der Waals surface area contributed by atoms with E-state index in [9.17, 15) is 9.18 Å². The normalized spacial score (nSPS) is 11.6. The second-order valence-corrected chi connectivity index (χ2v) is 8.09. The van der Waals surface area contributed by atoms with Crippen LogP contribution in [0.4, 0.5) is 10.1 Å². The van der Waals surface area contributed by atoms with Crippen LogP contribution in [0, 0.1) is 5.82 Å². The van der Waals surface area contributed by atoms with Crippen molar-refractivity contribution in [1.29, 1.82) is 0 Å². The first kappa shape index (κ1) is 20.7. The van der Waals surface area contributed by atoms with Crippen molar-refractivity contribution in [3.63, 3.8) is 0 Å². The molecule has 0 spiro atoms. The predicted octanol–water partition coefficient (Wildman–Crippen LogP) is 6.69. The summed E-state index contributed by atoms with van der Waals surface area (Å²) in [7, 11) is 0. The average Bonchev–Trinajstić information content (AvgIpc) is 3.32. The number of aliphatic imine (C=N–C) groups is 1. The molecule has 2 heterocycles. The van der Waals surface area contributed by atoms with Crippen LogP contribution < -0.4 is 5.63 Å². The Morgan fingerprint density at radius 1 is 0.857 bits per heavy atom. The largest absolute Gasteiger partial charge is 0.422 e. The fourth-order valence-electron chi connectivity index (χ4n) is 4.11. The van der Waals surface area contributed by atoms with Gasteiger partial charge in [0.05, 0.1) is 16.9 Å². The van der Waals surface area contributed by atoms with Crippen LogP contribution in [0.15, 0.2) is 117 Å². The highest BCUT2D eigenvalue weighted by Gasteiger charge is 2.17. The highest BCUT2D eigenvalue weighted by atomic mass is 19.1. The van der Waals surface area contributed by atoms with Crippen molar-refractivity contribution in [2.75, 3.05) is 0 Å². The zero-order chi connectivity index (χ0) is 23.8. The molecule has 0 amide bonds. The highest BCUT2D eigenvalue weighted by molar-refractivity contribution is 6.06.